The van der Waals surface area contributed by atoms with Crippen molar-refractivity contribution in [2.75, 3.05) is 0 Å². The molecule has 0 saturated carbocycles. The summed E-state index contributed by atoms with van der Waals surface area (Å²) in [5.74, 6) is 0.827. The summed E-state index contributed by atoms with van der Waals surface area (Å²) in [5, 5.41) is 6.55. The summed E-state index contributed by atoms with van der Waals surface area (Å²) in [5.41, 5.74) is 1.82. The van der Waals surface area contributed by atoms with Crippen molar-refractivity contribution < 1.29 is 27.2 Å². The molecular formula is C21H19F3N2O3. The number of alkyl halides is 3. The van der Waals surface area contributed by atoms with E-state index in [9.17, 15) is 18.0 Å². The highest BCUT2D eigenvalue weighted by Crippen LogP contribution is 2.29. The summed E-state index contributed by atoms with van der Waals surface area (Å²) in [4.78, 5) is 12.4. The van der Waals surface area contributed by atoms with Crippen LogP contribution in [0.5, 0.6) is 5.75 Å². The van der Waals surface area contributed by atoms with Gasteiger partial charge in [-0.2, -0.15) is 13.2 Å². The second-order valence-electron chi connectivity index (χ2n) is 6.50. The van der Waals surface area contributed by atoms with Crippen LogP contribution in [0.3, 0.4) is 0 Å². The monoisotopic (exact) mass is 404 g/mol. The second kappa shape index (κ2) is 8.38. The van der Waals surface area contributed by atoms with Gasteiger partial charge in [0.2, 0.25) is 0 Å². The van der Waals surface area contributed by atoms with Gasteiger partial charge in [-0.1, -0.05) is 23.4 Å². The molecule has 0 unspecified atom stereocenters. The van der Waals surface area contributed by atoms with Crippen LogP contribution < -0.4 is 10.1 Å². The molecule has 0 spiro atoms. The predicted molar refractivity (Wildman–Crippen MR) is 99.4 cm³/mol. The van der Waals surface area contributed by atoms with Gasteiger partial charge in [-0.05, 0) is 49.7 Å². The zero-order valence-corrected chi connectivity index (χ0v) is 15.8. The average molecular weight is 404 g/mol. The highest BCUT2D eigenvalue weighted by atomic mass is 19.4. The topological polar surface area (TPSA) is 64.4 Å². The number of ether oxygens (including phenoxy) is 1. The SMILES string of the molecule is Cc1noc(C)c1COc1cccc(C(=O)NCc2ccc(C(F)(F)F)cc2)c1. The number of benzene rings is 2. The van der Waals surface area contributed by atoms with Gasteiger partial charge in [0.05, 0.1) is 16.8 Å². The van der Waals surface area contributed by atoms with Crippen molar-refractivity contribution >= 4 is 5.91 Å². The lowest BCUT2D eigenvalue weighted by Crippen LogP contribution is -2.22. The normalized spacial score (nSPS) is 11.3. The van der Waals surface area contributed by atoms with E-state index < -0.39 is 11.7 Å². The van der Waals surface area contributed by atoms with Crippen LogP contribution in [0.1, 0.15) is 38.5 Å². The predicted octanol–water partition coefficient (Wildman–Crippen LogP) is 4.82. The van der Waals surface area contributed by atoms with Gasteiger partial charge >= 0.3 is 6.18 Å². The van der Waals surface area contributed by atoms with E-state index in [2.05, 4.69) is 10.5 Å². The Labute approximate surface area is 165 Å². The molecule has 0 radical (unpaired) electrons. The number of aromatic nitrogens is 1. The summed E-state index contributed by atoms with van der Waals surface area (Å²) in [6.07, 6.45) is -4.38. The van der Waals surface area contributed by atoms with Gasteiger partial charge in [0, 0.05) is 12.1 Å². The lowest BCUT2D eigenvalue weighted by molar-refractivity contribution is -0.137. The van der Waals surface area contributed by atoms with E-state index >= 15 is 0 Å². The van der Waals surface area contributed by atoms with Gasteiger partial charge in [-0.25, -0.2) is 0 Å². The Bertz CT molecular complexity index is 976. The molecule has 29 heavy (non-hydrogen) atoms. The molecule has 0 aliphatic rings. The molecule has 152 valence electrons. The maximum absolute atomic E-state index is 12.6. The molecule has 2 aromatic carbocycles. The van der Waals surface area contributed by atoms with E-state index in [4.69, 9.17) is 9.26 Å². The molecule has 8 heteroatoms. The summed E-state index contributed by atoms with van der Waals surface area (Å²) >= 11 is 0. The molecule has 0 saturated heterocycles. The quantitative estimate of drug-likeness (QED) is 0.640. The van der Waals surface area contributed by atoms with Gasteiger partial charge < -0.3 is 14.6 Å². The molecule has 1 N–H and O–H groups in total. The summed E-state index contributed by atoms with van der Waals surface area (Å²) in [6, 6.07) is 11.3. The minimum atomic E-state index is -4.38. The van der Waals surface area contributed by atoms with E-state index in [0.717, 1.165) is 23.4 Å². The highest BCUT2D eigenvalue weighted by molar-refractivity contribution is 5.94. The van der Waals surface area contributed by atoms with Crippen LogP contribution in [0.2, 0.25) is 0 Å². The first-order valence-corrected chi connectivity index (χ1v) is 8.83. The number of carbonyl (C=O) groups excluding carboxylic acids is 1. The van der Waals surface area contributed by atoms with Gasteiger partial charge in [-0.15, -0.1) is 0 Å². The molecule has 0 atom stereocenters. The van der Waals surface area contributed by atoms with Crippen LogP contribution in [0, 0.1) is 13.8 Å². The number of halogens is 3. The van der Waals surface area contributed by atoms with Gasteiger partial charge in [0.1, 0.15) is 18.1 Å². The van der Waals surface area contributed by atoms with Crippen molar-refractivity contribution in [2.45, 2.75) is 33.2 Å². The lowest BCUT2D eigenvalue weighted by Gasteiger charge is -2.10. The van der Waals surface area contributed by atoms with Crippen molar-refractivity contribution in [3.05, 3.63) is 82.2 Å². The van der Waals surface area contributed by atoms with Gasteiger partial charge in [0.25, 0.3) is 5.91 Å². The third-order valence-corrected chi connectivity index (χ3v) is 4.39. The number of nitrogens with one attached hydrogen (secondary N) is 1. The third-order valence-electron chi connectivity index (χ3n) is 4.39. The van der Waals surface area contributed by atoms with E-state index in [1.807, 2.05) is 6.92 Å². The Balaban J connectivity index is 1.59. The van der Waals surface area contributed by atoms with Crippen molar-refractivity contribution in [3.8, 4) is 5.75 Å². The fourth-order valence-corrected chi connectivity index (χ4v) is 2.69. The maximum Gasteiger partial charge on any atom is 0.416 e. The summed E-state index contributed by atoms with van der Waals surface area (Å²) < 4.78 is 48.6. The maximum atomic E-state index is 12.6. The standard InChI is InChI=1S/C21H19F3N2O3/c1-13-19(14(2)29-26-13)12-28-18-5-3-4-16(10-18)20(27)25-11-15-6-8-17(9-7-15)21(22,23)24/h3-10H,11-12H2,1-2H3,(H,25,27). The molecule has 1 aromatic heterocycles. The number of hydrogen-bond acceptors (Lipinski definition) is 4. The van der Waals surface area contributed by atoms with E-state index in [0.29, 0.717) is 22.6 Å². The van der Waals surface area contributed by atoms with Crippen molar-refractivity contribution in [1.82, 2.24) is 10.5 Å². The number of rotatable bonds is 6. The minimum absolute atomic E-state index is 0.112. The summed E-state index contributed by atoms with van der Waals surface area (Å²) in [7, 11) is 0. The molecular weight excluding hydrogens is 385 g/mol. The van der Waals surface area contributed by atoms with E-state index in [1.165, 1.54) is 12.1 Å². The van der Waals surface area contributed by atoms with Crippen LogP contribution in [-0.2, 0) is 19.3 Å². The second-order valence-corrected chi connectivity index (χ2v) is 6.50. The summed E-state index contributed by atoms with van der Waals surface area (Å²) in [6.45, 7) is 3.99. The van der Waals surface area contributed by atoms with Crippen LogP contribution in [0.15, 0.2) is 53.1 Å². The Hall–Kier alpha value is -3.29. The van der Waals surface area contributed by atoms with Gasteiger partial charge in [-0.3, -0.25) is 4.79 Å². The van der Waals surface area contributed by atoms with Crippen molar-refractivity contribution in [2.24, 2.45) is 0 Å². The van der Waals surface area contributed by atoms with Crippen LogP contribution in [-0.4, -0.2) is 11.1 Å². The van der Waals surface area contributed by atoms with E-state index in [-0.39, 0.29) is 19.1 Å². The molecule has 3 aromatic rings. The molecule has 0 aliphatic heterocycles. The van der Waals surface area contributed by atoms with Crippen LogP contribution >= 0.6 is 0 Å². The number of amides is 1. The largest absolute Gasteiger partial charge is 0.489 e. The van der Waals surface area contributed by atoms with Crippen molar-refractivity contribution in [3.63, 3.8) is 0 Å². The lowest BCUT2D eigenvalue weighted by atomic mass is 10.1. The first kappa shape index (κ1) is 20.4. The van der Waals surface area contributed by atoms with E-state index in [1.54, 1.807) is 31.2 Å². The highest BCUT2D eigenvalue weighted by Gasteiger charge is 2.29. The number of hydrogen-bond donors (Lipinski definition) is 1. The number of aryl methyl sites for hydroxylation is 2. The third kappa shape index (κ3) is 5.16. The Kier molecular flexibility index (Phi) is 5.91. The number of nitrogens with zero attached hydrogens (tertiary/aromatic N) is 1. The van der Waals surface area contributed by atoms with Crippen LogP contribution in [0.25, 0.3) is 0 Å². The zero-order valence-electron chi connectivity index (χ0n) is 15.8. The molecule has 0 bridgehead atoms. The first-order chi connectivity index (χ1) is 13.7. The fourth-order valence-electron chi connectivity index (χ4n) is 2.69. The smallest absolute Gasteiger partial charge is 0.416 e. The first-order valence-electron chi connectivity index (χ1n) is 8.83. The average Bonchev–Trinajstić information content (AvgIpc) is 3.02. The minimum Gasteiger partial charge on any atom is -0.489 e. The Morgan fingerprint density at radius 2 is 1.86 bits per heavy atom. The zero-order chi connectivity index (χ0) is 21.0. The molecule has 1 heterocycles. The van der Waals surface area contributed by atoms with Crippen LogP contribution in [0.4, 0.5) is 13.2 Å². The van der Waals surface area contributed by atoms with Crippen molar-refractivity contribution in [1.29, 1.82) is 0 Å². The molecule has 0 fully saturated rings. The van der Waals surface area contributed by atoms with Gasteiger partial charge in [0.15, 0.2) is 0 Å². The molecule has 5 nitrogen and oxygen atoms in total. The molecule has 0 aliphatic carbocycles. The fraction of sp³-hybridized carbons (Fsp3) is 0.238. The number of carbonyl (C=O) groups is 1. The molecule has 3 rings (SSSR count). The Morgan fingerprint density at radius 1 is 1.14 bits per heavy atom. The Morgan fingerprint density at radius 3 is 2.48 bits per heavy atom. The molecule has 1 amide bonds.